The lowest BCUT2D eigenvalue weighted by Gasteiger charge is -2.20. The first-order valence-corrected chi connectivity index (χ1v) is 9.99. The summed E-state index contributed by atoms with van der Waals surface area (Å²) in [6, 6.07) is 0. The second-order valence-electron chi connectivity index (χ2n) is 6.59. The van der Waals surface area contributed by atoms with Crippen molar-refractivity contribution in [2.45, 2.75) is 56.2 Å². The molecular weight excluding hydrogens is 374 g/mol. The van der Waals surface area contributed by atoms with Gasteiger partial charge < -0.3 is 30.5 Å². The molecule has 2 aromatic rings. The third kappa shape index (κ3) is 3.75. The molecule has 3 heterocycles. The zero-order chi connectivity index (χ0) is 19.7. The molecule has 1 aliphatic heterocycles. The van der Waals surface area contributed by atoms with E-state index in [9.17, 15) is 20.4 Å². The van der Waals surface area contributed by atoms with Crippen LogP contribution in [0.2, 0.25) is 0 Å². The van der Waals surface area contributed by atoms with E-state index < -0.39 is 37.4 Å². The summed E-state index contributed by atoms with van der Waals surface area (Å²) in [6.07, 6.45) is -1.06. The third-order valence-electron chi connectivity index (χ3n) is 4.84. The minimum Gasteiger partial charge on any atom is -0.394 e. The lowest BCUT2D eigenvalue weighted by Crippen LogP contribution is -2.33. The first-order valence-electron chi connectivity index (χ1n) is 8.76. The maximum absolute atomic E-state index is 10.3. The van der Waals surface area contributed by atoms with Gasteiger partial charge in [0.15, 0.2) is 28.4 Å². The van der Waals surface area contributed by atoms with Gasteiger partial charge in [-0.25, -0.2) is 15.0 Å². The molecule has 10 nitrogen and oxygen atoms in total. The minimum absolute atomic E-state index is 0.00952. The zero-order valence-corrected chi connectivity index (χ0v) is 16.2. The van der Waals surface area contributed by atoms with Gasteiger partial charge in [-0.2, -0.15) is 0 Å². The van der Waals surface area contributed by atoms with Crippen molar-refractivity contribution in [3.8, 4) is 0 Å². The van der Waals surface area contributed by atoms with Crippen LogP contribution in [0.25, 0.3) is 11.2 Å². The van der Waals surface area contributed by atoms with Crippen molar-refractivity contribution in [1.82, 2.24) is 19.5 Å². The van der Waals surface area contributed by atoms with E-state index in [-0.39, 0.29) is 5.92 Å². The van der Waals surface area contributed by atoms with Crippen LogP contribution in [0.15, 0.2) is 11.5 Å². The Labute approximate surface area is 160 Å². The van der Waals surface area contributed by atoms with Crippen molar-refractivity contribution in [2.75, 3.05) is 18.2 Å². The van der Waals surface area contributed by atoms with Crippen LogP contribution in [0.3, 0.4) is 0 Å². The van der Waals surface area contributed by atoms with E-state index in [1.54, 1.807) is 0 Å². The Kier molecular flexibility index (Phi) is 6.18. The monoisotopic (exact) mass is 399 g/mol. The number of anilines is 1. The van der Waals surface area contributed by atoms with Gasteiger partial charge in [-0.1, -0.05) is 25.6 Å². The van der Waals surface area contributed by atoms with Crippen LogP contribution < -0.4 is 5.32 Å². The molecule has 0 aliphatic carbocycles. The third-order valence-corrected chi connectivity index (χ3v) is 5.39. The molecule has 2 unspecified atom stereocenters. The molecule has 3 rings (SSSR count). The molecule has 11 heteroatoms. The second kappa shape index (κ2) is 8.25. The van der Waals surface area contributed by atoms with Crippen molar-refractivity contribution < 1.29 is 25.2 Å². The summed E-state index contributed by atoms with van der Waals surface area (Å²) in [5.74, 6) is 0.387. The Morgan fingerprint density at radius 2 is 2.07 bits per heavy atom. The molecule has 0 spiro atoms. The minimum atomic E-state index is -1.24. The van der Waals surface area contributed by atoms with Gasteiger partial charge in [0.25, 0.3) is 0 Å². The van der Waals surface area contributed by atoms with E-state index in [4.69, 9.17) is 4.74 Å². The Hall–Kier alpha value is -1.50. The predicted octanol–water partition coefficient (Wildman–Crippen LogP) is -0.0639. The van der Waals surface area contributed by atoms with Crippen molar-refractivity contribution >= 4 is 28.7 Å². The number of nitrogens with zero attached hydrogens (tertiary/aromatic N) is 4. The molecule has 150 valence electrons. The number of aliphatic hydroxyl groups is 4. The number of rotatable bonds is 7. The topological polar surface area (TPSA) is 146 Å². The number of aromatic nitrogens is 4. The summed E-state index contributed by atoms with van der Waals surface area (Å²) in [5, 5.41) is 43.4. The molecule has 0 saturated carbocycles. The molecule has 0 bridgehead atoms. The smallest absolute Gasteiger partial charge is 0.191 e. The fraction of sp³-hybridized carbons (Fsp3) is 0.688. The Morgan fingerprint density at radius 3 is 2.67 bits per heavy atom. The van der Waals surface area contributed by atoms with Crippen LogP contribution in [0.1, 0.15) is 26.5 Å². The van der Waals surface area contributed by atoms with E-state index in [0.717, 1.165) is 6.42 Å². The highest BCUT2D eigenvalue weighted by Gasteiger charge is 2.44. The van der Waals surface area contributed by atoms with Crippen LogP contribution in [-0.4, -0.2) is 77.3 Å². The van der Waals surface area contributed by atoms with Crippen LogP contribution in [0.4, 0.5) is 5.82 Å². The normalized spacial score (nSPS) is 27.8. The van der Waals surface area contributed by atoms with Crippen molar-refractivity contribution in [1.29, 1.82) is 0 Å². The number of fused-ring (bicyclic) bond motifs is 1. The quantitative estimate of drug-likeness (QED) is 0.244. The van der Waals surface area contributed by atoms with Gasteiger partial charge in [-0.3, -0.25) is 4.57 Å². The van der Waals surface area contributed by atoms with Gasteiger partial charge in [0.2, 0.25) is 0 Å². The first kappa shape index (κ1) is 20.2. The summed E-state index contributed by atoms with van der Waals surface area (Å²) in [4.78, 5) is 13.1. The number of nitrogens with one attached hydrogen (secondary N) is 1. The van der Waals surface area contributed by atoms with Crippen molar-refractivity contribution in [3.05, 3.63) is 6.33 Å². The lowest BCUT2D eigenvalue weighted by molar-refractivity contribution is -0.0511. The molecule has 0 amide bonds. The number of imidazole rings is 1. The highest BCUT2D eigenvalue weighted by Crippen LogP contribution is 2.33. The molecule has 0 aromatic carbocycles. The van der Waals surface area contributed by atoms with Crippen LogP contribution >= 0.6 is 11.8 Å². The summed E-state index contributed by atoms with van der Waals surface area (Å²) in [7, 11) is 0. The van der Waals surface area contributed by atoms with Gasteiger partial charge in [0, 0.05) is 5.92 Å². The number of thioether (sulfide) groups is 1. The van der Waals surface area contributed by atoms with E-state index in [1.807, 2.05) is 20.1 Å². The van der Waals surface area contributed by atoms with Crippen molar-refractivity contribution in [3.63, 3.8) is 0 Å². The molecule has 0 radical (unpaired) electrons. The second-order valence-corrected chi connectivity index (χ2v) is 7.36. The molecule has 1 fully saturated rings. The molecule has 2 aromatic heterocycles. The Morgan fingerprint density at radius 1 is 1.33 bits per heavy atom. The van der Waals surface area contributed by atoms with E-state index >= 15 is 0 Å². The average molecular weight is 399 g/mol. The fourth-order valence-electron chi connectivity index (χ4n) is 2.89. The summed E-state index contributed by atoms with van der Waals surface area (Å²) >= 11 is 1.32. The summed E-state index contributed by atoms with van der Waals surface area (Å²) < 4.78 is 7.07. The summed E-state index contributed by atoms with van der Waals surface area (Å²) in [6.45, 7) is 3.48. The van der Waals surface area contributed by atoms with E-state index in [0.29, 0.717) is 22.1 Å². The molecular formula is C16H25N5O5S. The molecule has 27 heavy (non-hydrogen) atoms. The highest BCUT2D eigenvalue weighted by molar-refractivity contribution is 7.98. The SMILES string of the molecule is CCC(C)C(O)Nc1nc(SC)nc2c1ncn2[C@@H]1O[C@H](CO)[C@@H](O)[C@H]1O. The average Bonchev–Trinajstić information content (AvgIpc) is 3.22. The largest absolute Gasteiger partial charge is 0.394 e. The molecule has 1 aliphatic rings. The first-order chi connectivity index (χ1) is 12.9. The Balaban J connectivity index is 2.01. The van der Waals surface area contributed by atoms with Gasteiger partial charge in [-0.05, 0) is 12.7 Å². The Bertz CT molecular complexity index is 790. The van der Waals surface area contributed by atoms with Crippen molar-refractivity contribution in [2.24, 2.45) is 5.92 Å². The van der Waals surface area contributed by atoms with Crippen LogP contribution in [-0.2, 0) is 4.74 Å². The maximum atomic E-state index is 10.3. The highest BCUT2D eigenvalue weighted by atomic mass is 32.2. The predicted molar refractivity (Wildman–Crippen MR) is 99.2 cm³/mol. The summed E-state index contributed by atoms with van der Waals surface area (Å²) in [5.41, 5.74) is 0.802. The lowest BCUT2D eigenvalue weighted by atomic mass is 10.1. The van der Waals surface area contributed by atoms with E-state index in [1.165, 1.54) is 22.7 Å². The van der Waals surface area contributed by atoms with Crippen LogP contribution in [0.5, 0.6) is 0 Å². The van der Waals surface area contributed by atoms with Gasteiger partial charge in [0.05, 0.1) is 12.9 Å². The fourth-order valence-corrected chi connectivity index (χ4v) is 3.25. The number of aliphatic hydroxyl groups excluding tert-OH is 4. The van der Waals surface area contributed by atoms with E-state index in [2.05, 4.69) is 20.3 Å². The zero-order valence-electron chi connectivity index (χ0n) is 15.3. The standard InChI is InChI=1S/C16H25N5O5S/c1-4-7(2)14(25)18-12-9-13(20-16(19-12)27-3)21(6-17-9)15-11(24)10(23)8(5-22)26-15/h6-8,10-11,14-15,22-25H,4-5H2,1-3H3,(H,18,19,20)/t7?,8-,10-,11-,14?,15-/m1/s1. The number of hydrogen-bond donors (Lipinski definition) is 5. The maximum Gasteiger partial charge on any atom is 0.191 e. The van der Waals surface area contributed by atoms with Gasteiger partial charge in [-0.15, -0.1) is 0 Å². The molecule has 1 saturated heterocycles. The molecule has 6 atom stereocenters. The van der Waals surface area contributed by atoms with Gasteiger partial charge in [0.1, 0.15) is 24.5 Å². The number of hydrogen-bond acceptors (Lipinski definition) is 10. The van der Waals surface area contributed by atoms with Gasteiger partial charge >= 0.3 is 0 Å². The van der Waals surface area contributed by atoms with Crippen LogP contribution in [0, 0.1) is 5.92 Å². The number of ether oxygens (including phenoxy) is 1. The molecule has 5 N–H and O–H groups in total.